The SMILES string of the molecule is CCC1(O)CCN(c2c(F)cc(N3C[C@H](CNC(C)=O)OC3=O)cc2F)CC1. The highest BCUT2D eigenvalue weighted by molar-refractivity contribution is 5.90. The van der Waals surface area contributed by atoms with E-state index in [0.29, 0.717) is 32.4 Å². The van der Waals surface area contributed by atoms with E-state index in [1.165, 1.54) is 6.92 Å². The Labute approximate surface area is 162 Å². The van der Waals surface area contributed by atoms with Crippen molar-refractivity contribution in [1.82, 2.24) is 5.32 Å². The number of hydrogen-bond donors (Lipinski definition) is 2. The van der Waals surface area contributed by atoms with E-state index in [9.17, 15) is 23.5 Å². The van der Waals surface area contributed by atoms with Gasteiger partial charge in [-0.15, -0.1) is 0 Å². The van der Waals surface area contributed by atoms with Crippen molar-refractivity contribution in [3.8, 4) is 0 Å². The molecule has 0 bridgehead atoms. The van der Waals surface area contributed by atoms with Crippen molar-refractivity contribution in [2.24, 2.45) is 0 Å². The number of nitrogens with one attached hydrogen (secondary N) is 1. The third-order valence-corrected chi connectivity index (χ3v) is 5.43. The first kappa shape index (κ1) is 20.3. The fourth-order valence-electron chi connectivity index (χ4n) is 3.61. The summed E-state index contributed by atoms with van der Waals surface area (Å²) in [4.78, 5) is 25.8. The number of halogens is 2. The van der Waals surface area contributed by atoms with E-state index >= 15 is 0 Å². The van der Waals surface area contributed by atoms with Gasteiger partial charge in [-0.25, -0.2) is 13.6 Å². The molecule has 2 fully saturated rings. The number of aliphatic hydroxyl groups is 1. The molecule has 9 heteroatoms. The molecule has 0 aliphatic carbocycles. The Balaban J connectivity index is 1.74. The highest BCUT2D eigenvalue weighted by Gasteiger charge is 2.35. The molecule has 0 aromatic heterocycles. The van der Waals surface area contributed by atoms with Crippen molar-refractivity contribution < 1.29 is 28.2 Å². The van der Waals surface area contributed by atoms with E-state index in [4.69, 9.17) is 4.74 Å². The largest absolute Gasteiger partial charge is 0.442 e. The zero-order chi connectivity index (χ0) is 20.5. The molecular formula is C19H25F2N3O4. The number of carbonyl (C=O) groups is 2. The van der Waals surface area contributed by atoms with Gasteiger partial charge in [0.25, 0.3) is 0 Å². The lowest BCUT2D eigenvalue weighted by atomic mass is 9.89. The third-order valence-electron chi connectivity index (χ3n) is 5.43. The zero-order valence-corrected chi connectivity index (χ0v) is 16.0. The number of piperidine rings is 1. The maximum absolute atomic E-state index is 14.7. The minimum absolute atomic E-state index is 0.0659. The van der Waals surface area contributed by atoms with Crippen LogP contribution in [0.4, 0.5) is 25.0 Å². The van der Waals surface area contributed by atoms with Gasteiger partial charge in [0.15, 0.2) is 11.6 Å². The molecule has 7 nitrogen and oxygen atoms in total. The average Bonchev–Trinajstić information content (AvgIpc) is 3.02. The quantitative estimate of drug-likeness (QED) is 0.796. The standard InChI is InChI=1S/C19H25F2N3O4/c1-3-19(27)4-6-23(7-5-19)17-15(20)8-13(9-16(17)21)24-11-14(28-18(24)26)10-22-12(2)25/h8-9,14,27H,3-7,10-11H2,1-2H3,(H,22,25)/t14-/m0/s1. The van der Waals surface area contributed by atoms with Crippen LogP contribution < -0.4 is 15.1 Å². The van der Waals surface area contributed by atoms with E-state index in [1.54, 1.807) is 4.90 Å². The van der Waals surface area contributed by atoms with Crippen LogP contribution in [0.25, 0.3) is 0 Å². The summed E-state index contributed by atoms with van der Waals surface area (Å²) in [5.41, 5.74) is -0.869. The van der Waals surface area contributed by atoms with Crippen LogP contribution in [-0.2, 0) is 9.53 Å². The number of amides is 2. The molecule has 2 heterocycles. The topological polar surface area (TPSA) is 82.1 Å². The molecule has 1 atom stereocenters. The molecule has 0 unspecified atom stereocenters. The lowest BCUT2D eigenvalue weighted by Gasteiger charge is -2.39. The van der Waals surface area contributed by atoms with E-state index in [0.717, 1.165) is 17.0 Å². The van der Waals surface area contributed by atoms with Crippen LogP contribution in [0.2, 0.25) is 0 Å². The summed E-state index contributed by atoms with van der Waals surface area (Å²) in [6.45, 7) is 4.16. The van der Waals surface area contributed by atoms with Gasteiger partial charge in [-0.1, -0.05) is 6.92 Å². The molecule has 3 rings (SSSR count). The molecule has 0 saturated carbocycles. The van der Waals surface area contributed by atoms with E-state index in [1.807, 2.05) is 6.92 Å². The van der Waals surface area contributed by atoms with Gasteiger partial charge in [-0.05, 0) is 19.3 Å². The molecule has 2 amide bonds. The lowest BCUT2D eigenvalue weighted by molar-refractivity contribution is -0.119. The van der Waals surface area contributed by atoms with Crippen molar-refractivity contribution >= 4 is 23.4 Å². The number of carbonyl (C=O) groups excluding carboxylic acids is 2. The number of nitrogens with zero attached hydrogens (tertiary/aromatic N) is 2. The molecule has 2 aliphatic rings. The molecule has 0 spiro atoms. The first-order chi connectivity index (χ1) is 13.2. The summed E-state index contributed by atoms with van der Waals surface area (Å²) in [7, 11) is 0. The molecule has 2 N–H and O–H groups in total. The zero-order valence-electron chi connectivity index (χ0n) is 16.0. The Morgan fingerprint density at radius 3 is 2.46 bits per heavy atom. The highest BCUT2D eigenvalue weighted by Crippen LogP contribution is 2.34. The van der Waals surface area contributed by atoms with Crippen molar-refractivity contribution in [2.75, 3.05) is 36.0 Å². The Morgan fingerprint density at radius 2 is 1.93 bits per heavy atom. The molecule has 0 radical (unpaired) electrons. The van der Waals surface area contributed by atoms with Crippen LogP contribution in [0.3, 0.4) is 0 Å². The fourth-order valence-corrected chi connectivity index (χ4v) is 3.61. The first-order valence-electron chi connectivity index (χ1n) is 9.41. The summed E-state index contributed by atoms with van der Waals surface area (Å²) in [6, 6.07) is 2.22. The molecule has 28 heavy (non-hydrogen) atoms. The summed E-state index contributed by atoms with van der Waals surface area (Å²) in [5, 5.41) is 12.9. The predicted molar refractivity (Wildman–Crippen MR) is 99.3 cm³/mol. The Morgan fingerprint density at radius 1 is 1.32 bits per heavy atom. The fraction of sp³-hybridized carbons (Fsp3) is 0.579. The van der Waals surface area contributed by atoms with Crippen LogP contribution in [0.1, 0.15) is 33.1 Å². The van der Waals surface area contributed by atoms with Crippen molar-refractivity contribution in [3.63, 3.8) is 0 Å². The molecule has 1 aromatic carbocycles. The second-order valence-corrected chi connectivity index (χ2v) is 7.38. The summed E-state index contributed by atoms with van der Waals surface area (Å²) >= 11 is 0. The number of anilines is 2. The van der Waals surface area contributed by atoms with E-state index in [2.05, 4.69) is 5.32 Å². The Bertz CT molecular complexity index is 743. The third kappa shape index (κ3) is 4.19. The van der Waals surface area contributed by atoms with Gasteiger partial charge in [0.2, 0.25) is 5.91 Å². The van der Waals surface area contributed by atoms with Gasteiger partial charge in [0.1, 0.15) is 11.8 Å². The Kier molecular flexibility index (Phi) is 5.74. The van der Waals surface area contributed by atoms with Crippen LogP contribution in [0.5, 0.6) is 0 Å². The van der Waals surface area contributed by atoms with Crippen LogP contribution in [0, 0.1) is 11.6 Å². The number of rotatable bonds is 5. The maximum Gasteiger partial charge on any atom is 0.414 e. The van der Waals surface area contributed by atoms with E-state index < -0.39 is 29.4 Å². The minimum atomic E-state index is -0.786. The highest BCUT2D eigenvalue weighted by atomic mass is 19.1. The van der Waals surface area contributed by atoms with Gasteiger partial charge < -0.3 is 20.1 Å². The van der Waals surface area contributed by atoms with Crippen LogP contribution in [-0.4, -0.2) is 55.0 Å². The molecule has 154 valence electrons. The van der Waals surface area contributed by atoms with Gasteiger partial charge in [0, 0.05) is 32.1 Å². The monoisotopic (exact) mass is 397 g/mol. The smallest absolute Gasteiger partial charge is 0.414 e. The van der Waals surface area contributed by atoms with Gasteiger partial charge in [0.05, 0.1) is 24.4 Å². The summed E-state index contributed by atoms with van der Waals surface area (Å²) in [5.74, 6) is -1.79. The van der Waals surface area contributed by atoms with Gasteiger partial charge >= 0.3 is 6.09 Å². The summed E-state index contributed by atoms with van der Waals surface area (Å²) < 4.78 is 34.6. The van der Waals surface area contributed by atoms with Crippen molar-refractivity contribution in [3.05, 3.63) is 23.8 Å². The second kappa shape index (κ2) is 7.90. The van der Waals surface area contributed by atoms with Crippen molar-refractivity contribution in [1.29, 1.82) is 0 Å². The molecule has 1 aromatic rings. The Hall–Kier alpha value is -2.42. The molecule has 2 saturated heterocycles. The second-order valence-electron chi connectivity index (χ2n) is 7.38. The maximum atomic E-state index is 14.7. The van der Waals surface area contributed by atoms with Crippen LogP contribution in [0.15, 0.2) is 12.1 Å². The number of cyclic esters (lactones) is 1. The summed E-state index contributed by atoms with van der Waals surface area (Å²) in [6.07, 6.45) is 0.173. The average molecular weight is 397 g/mol. The normalized spacial score (nSPS) is 21.6. The number of hydrogen-bond acceptors (Lipinski definition) is 5. The number of ether oxygens (including phenoxy) is 1. The van der Waals surface area contributed by atoms with Gasteiger partial charge in [-0.3, -0.25) is 9.69 Å². The van der Waals surface area contributed by atoms with Crippen LogP contribution >= 0.6 is 0 Å². The number of benzene rings is 1. The predicted octanol–water partition coefficient (Wildman–Crippen LogP) is 2.17. The van der Waals surface area contributed by atoms with Crippen molar-refractivity contribution in [2.45, 2.75) is 44.8 Å². The molecular weight excluding hydrogens is 372 g/mol. The molecule has 2 aliphatic heterocycles. The van der Waals surface area contributed by atoms with Gasteiger partial charge in [-0.2, -0.15) is 0 Å². The van der Waals surface area contributed by atoms with E-state index in [-0.39, 0.29) is 30.4 Å². The lowest BCUT2D eigenvalue weighted by Crippen LogP contribution is -2.44. The minimum Gasteiger partial charge on any atom is -0.442 e. The first-order valence-corrected chi connectivity index (χ1v) is 9.41.